The van der Waals surface area contributed by atoms with Gasteiger partial charge in [-0.05, 0) is 41.8 Å². The van der Waals surface area contributed by atoms with Gasteiger partial charge < -0.3 is 5.32 Å². The summed E-state index contributed by atoms with van der Waals surface area (Å²) in [7, 11) is 0. The Bertz CT molecular complexity index is 563. The molecule has 0 aromatic carbocycles. The Hall–Kier alpha value is -0.780. The Kier molecular flexibility index (Phi) is 3.46. The number of hydrogen-bond donors (Lipinski definition) is 1. The quantitative estimate of drug-likeness (QED) is 0.935. The minimum Gasteiger partial charge on any atom is -0.309 e. The van der Waals surface area contributed by atoms with Crippen LogP contribution in [0.1, 0.15) is 23.4 Å². The van der Waals surface area contributed by atoms with E-state index >= 15 is 0 Å². The van der Waals surface area contributed by atoms with Gasteiger partial charge in [-0.1, -0.05) is 0 Å². The Morgan fingerprint density at radius 2 is 2.28 bits per heavy atom. The van der Waals surface area contributed by atoms with Gasteiger partial charge in [0.1, 0.15) is 5.01 Å². The fourth-order valence-corrected chi connectivity index (χ4v) is 3.13. The van der Waals surface area contributed by atoms with E-state index in [1.165, 1.54) is 17.7 Å². The maximum atomic E-state index is 4.64. The predicted octanol–water partition coefficient (Wildman–Crippen LogP) is 3.53. The van der Waals surface area contributed by atoms with Crippen LogP contribution in [0, 0.1) is 6.92 Å². The molecule has 0 unspecified atom stereocenters. The number of rotatable bonds is 4. The van der Waals surface area contributed by atoms with Gasteiger partial charge in [0.2, 0.25) is 0 Å². The molecule has 2 heterocycles. The first-order valence-corrected chi connectivity index (χ1v) is 7.64. The molecule has 0 bridgehead atoms. The highest BCUT2D eigenvalue weighted by Gasteiger charge is 2.21. The largest absolute Gasteiger partial charge is 0.309 e. The van der Waals surface area contributed by atoms with Crippen LogP contribution in [0.5, 0.6) is 0 Å². The summed E-state index contributed by atoms with van der Waals surface area (Å²) in [6.07, 6.45) is 6.29. The molecule has 18 heavy (non-hydrogen) atoms. The number of nitrogens with one attached hydrogen (secondary N) is 1. The minimum atomic E-state index is 0.738. The second-order valence-corrected chi connectivity index (χ2v) is 6.57. The van der Waals surface area contributed by atoms with Gasteiger partial charge in [-0.15, -0.1) is 11.3 Å². The van der Waals surface area contributed by atoms with E-state index in [4.69, 9.17) is 0 Å². The molecule has 0 saturated heterocycles. The van der Waals surface area contributed by atoms with E-state index in [2.05, 4.69) is 44.2 Å². The molecule has 94 valence electrons. The second kappa shape index (κ2) is 5.07. The summed E-state index contributed by atoms with van der Waals surface area (Å²) in [5.74, 6) is 0. The number of halogens is 1. The second-order valence-electron chi connectivity index (χ2n) is 4.57. The molecule has 0 amide bonds. The van der Waals surface area contributed by atoms with Gasteiger partial charge in [-0.3, -0.25) is 4.98 Å². The molecule has 0 atom stereocenters. The lowest BCUT2D eigenvalue weighted by molar-refractivity contribution is 0.691. The fourth-order valence-electron chi connectivity index (χ4n) is 1.77. The zero-order valence-electron chi connectivity index (χ0n) is 10.1. The Morgan fingerprint density at radius 3 is 3.00 bits per heavy atom. The lowest BCUT2D eigenvalue weighted by atomic mass is 10.3. The van der Waals surface area contributed by atoms with Crippen LogP contribution in [0.3, 0.4) is 0 Å². The molecular formula is C13H14BrN3S. The van der Waals surface area contributed by atoms with Crippen molar-refractivity contribution < 1.29 is 0 Å². The SMILES string of the molecule is Cc1nc(-c2cncc(Br)c2)sc1CNC1CC1. The van der Waals surface area contributed by atoms with Crippen molar-refractivity contribution in [2.45, 2.75) is 32.4 Å². The first kappa shape index (κ1) is 12.3. The van der Waals surface area contributed by atoms with Crippen molar-refractivity contribution in [1.29, 1.82) is 0 Å². The summed E-state index contributed by atoms with van der Waals surface area (Å²) in [6, 6.07) is 2.80. The van der Waals surface area contributed by atoms with E-state index in [-0.39, 0.29) is 0 Å². The summed E-state index contributed by atoms with van der Waals surface area (Å²) in [5.41, 5.74) is 2.21. The van der Waals surface area contributed by atoms with E-state index in [0.717, 1.165) is 33.3 Å². The molecule has 2 aromatic heterocycles. The summed E-state index contributed by atoms with van der Waals surface area (Å²) >= 11 is 5.20. The van der Waals surface area contributed by atoms with Gasteiger partial charge in [0.15, 0.2) is 0 Å². The monoisotopic (exact) mass is 323 g/mol. The molecule has 5 heteroatoms. The van der Waals surface area contributed by atoms with Gasteiger partial charge in [0.25, 0.3) is 0 Å². The number of hydrogen-bond acceptors (Lipinski definition) is 4. The van der Waals surface area contributed by atoms with Crippen molar-refractivity contribution in [2.24, 2.45) is 0 Å². The van der Waals surface area contributed by atoms with E-state index < -0.39 is 0 Å². The smallest absolute Gasteiger partial charge is 0.125 e. The van der Waals surface area contributed by atoms with Crippen LogP contribution in [-0.2, 0) is 6.54 Å². The van der Waals surface area contributed by atoms with Gasteiger partial charge >= 0.3 is 0 Å². The van der Waals surface area contributed by atoms with E-state index in [1.54, 1.807) is 17.5 Å². The van der Waals surface area contributed by atoms with Crippen LogP contribution >= 0.6 is 27.3 Å². The normalized spacial score (nSPS) is 15.0. The van der Waals surface area contributed by atoms with Crippen LogP contribution in [0.25, 0.3) is 10.6 Å². The van der Waals surface area contributed by atoms with Crippen molar-refractivity contribution in [2.75, 3.05) is 0 Å². The van der Waals surface area contributed by atoms with Crippen molar-refractivity contribution in [1.82, 2.24) is 15.3 Å². The summed E-state index contributed by atoms with van der Waals surface area (Å²) in [4.78, 5) is 10.2. The molecule has 1 aliphatic rings. The first-order chi connectivity index (χ1) is 8.72. The van der Waals surface area contributed by atoms with Crippen molar-refractivity contribution >= 4 is 27.3 Å². The summed E-state index contributed by atoms with van der Waals surface area (Å²) in [6.45, 7) is 3.02. The molecule has 0 spiro atoms. The lowest BCUT2D eigenvalue weighted by Crippen LogP contribution is -2.14. The first-order valence-electron chi connectivity index (χ1n) is 6.03. The predicted molar refractivity (Wildman–Crippen MR) is 77.6 cm³/mol. The molecule has 0 aliphatic heterocycles. The van der Waals surface area contributed by atoms with Crippen LogP contribution in [0.15, 0.2) is 22.9 Å². The lowest BCUT2D eigenvalue weighted by Gasteiger charge is -1.99. The molecular weight excluding hydrogens is 310 g/mol. The highest BCUT2D eigenvalue weighted by Crippen LogP contribution is 2.29. The van der Waals surface area contributed by atoms with Crippen molar-refractivity contribution in [3.05, 3.63) is 33.5 Å². The van der Waals surface area contributed by atoms with Crippen molar-refractivity contribution in [3.8, 4) is 10.6 Å². The average Bonchev–Trinajstić information content (AvgIpc) is 3.10. The minimum absolute atomic E-state index is 0.738. The number of aryl methyl sites for hydroxylation is 1. The molecule has 0 radical (unpaired) electrons. The number of nitrogens with zero attached hydrogens (tertiary/aromatic N) is 2. The number of aromatic nitrogens is 2. The van der Waals surface area contributed by atoms with E-state index in [9.17, 15) is 0 Å². The number of thiazole rings is 1. The summed E-state index contributed by atoms with van der Waals surface area (Å²) in [5, 5.41) is 4.59. The van der Waals surface area contributed by atoms with Crippen LogP contribution in [0.4, 0.5) is 0 Å². The van der Waals surface area contributed by atoms with Crippen LogP contribution in [0.2, 0.25) is 0 Å². The third-order valence-electron chi connectivity index (χ3n) is 2.97. The van der Waals surface area contributed by atoms with Crippen LogP contribution in [-0.4, -0.2) is 16.0 Å². The molecule has 2 aromatic rings. The van der Waals surface area contributed by atoms with E-state index in [1.807, 2.05) is 6.20 Å². The summed E-state index contributed by atoms with van der Waals surface area (Å²) < 4.78 is 0.991. The third kappa shape index (κ3) is 2.79. The molecule has 1 fully saturated rings. The Labute approximate surface area is 119 Å². The van der Waals surface area contributed by atoms with Gasteiger partial charge in [-0.2, -0.15) is 0 Å². The van der Waals surface area contributed by atoms with Gasteiger partial charge in [0, 0.05) is 39.9 Å². The zero-order chi connectivity index (χ0) is 12.5. The fraction of sp³-hybridized carbons (Fsp3) is 0.385. The van der Waals surface area contributed by atoms with Crippen molar-refractivity contribution in [3.63, 3.8) is 0 Å². The highest BCUT2D eigenvalue weighted by atomic mass is 79.9. The van der Waals surface area contributed by atoms with E-state index in [0.29, 0.717) is 0 Å². The van der Waals surface area contributed by atoms with Gasteiger partial charge in [0.05, 0.1) is 5.69 Å². The van der Waals surface area contributed by atoms with Crippen LogP contribution < -0.4 is 5.32 Å². The topological polar surface area (TPSA) is 37.8 Å². The third-order valence-corrected chi connectivity index (χ3v) is 4.61. The molecule has 3 rings (SSSR count). The maximum Gasteiger partial charge on any atom is 0.125 e. The Balaban J connectivity index is 1.82. The maximum absolute atomic E-state index is 4.64. The molecule has 1 aliphatic carbocycles. The standard InChI is InChI=1S/C13H14BrN3S/c1-8-12(7-16-11-2-3-11)18-13(17-8)9-4-10(14)6-15-5-9/h4-6,11,16H,2-3,7H2,1H3. The molecule has 1 saturated carbocycles. The molecule has 3 nitrogen and oxygen atoms in total. The zero-order valence-corrected chi connectivity index (χ0v) is 12.5. The Morgan fingerprint density at radius 1 is 1.44 bits per heavy atom. The molecule has 1 N–H and O–H groups in total. The van der Waals surface area contributed by atoms with Gasteiger partial charge in [-0.25, -0.2) is 4.98 Å². The average molecular weight is 324 g/mol. The number of pyridine rings is 1. The highest BCUT2D eigenvalue weighted by molar-refractivity contribution is 9.10.